The number of alkyl halides is 3. The van der Waals surface area contributed by atoms with Gasteiger partial charge in [-0.15, -0.1) is 0 Å². The lowest BCUT2D eigenvalue weighted by Gasteiger charge is -2.57. The first kappa shape index (κ1) is 18.5. The van der Waals surface area contributed by atoms with Crippen molar-refractivity contribution in [3.63, 3.8) is 0 Å². The van der Waals surface area contributed by atoms with Crippen molar-refractivity contribution in [3.05, 3.63) is 41.5 Å². The Balaban J connectivity index is 1.51. The molecular weight excluding hydrogens is 353 g/mol. The van der Waals surface area contributed by atoms with E-state index in [0.29, 0.717) is 19.3 Å². The smallest absolute Gasteiger partial charge is 0.328 e. The first-order valence-corrected chi connectivity index (χ1v) is 9.69. The molecule has 1 aromatic carbocycles. The molecule has 1 N–H and O–H groups in total. The van der Waals surface area contributed by atoms with Gasteiger partial charge in [-0.2, -0.15) is 13.2 Å². The van der Waals surface area contributed by atoms with Crippen LogP contribution in [0, 0.1) is 11.3 Å². The van der Waals surface area contributed by atoms with E-state index in [1.54, 1.807) is 0 Å². The molecule has 1 saturated heterocycles. The molecule has 0 unspecified atom stereocenters. The Kier molecular flexibility index (Phi) is 4.57. The minimum Gasteiger partial charge on any atom is -0.328 e. The Bertz CT molecular complexity index is 732. The van der Waals surface area contributed by atoms with E-state index in [4.69, 9.17) is 0 Å². The summed E-state index contributed by atoms with van der Waals surface area (Å²) in [6, 6.07) is 9.23. The van der Waals surface area contributed by atoms with Crippen LogP contribution in [0.2, 0.25) is 0 Å². The number of benzene rings is 1. The van der Waals surface area contributed by atoms with Crippen molar-refractivity contribution in [2.45, 2.75) is 50.9 Å². The summed E-state index contributed by atoms with van der Waals surface area (Å²) >= 11 is 0. The molecule has 0 aromatic heterocycles. The molecule has 146 valence electrons. The molecule has 1 heterocycles. The lowest BCUT2D eigenvalue weighted by Crippen LogP contribution is -2.67. The Hall–Kier alpha value is -1.82. The number of nitrogens with zero attached hydrogens (tertiary/aromatic N) is 1. The summed E-state index contributed by atoms with van der Waals surface area (Å²) in [6.45, 7) is 3.75. The van der Waals surface area contributed by atoms with Crippen LogP contribution in [0.4, 0.5) is 13.2 Å². The van der Waals surface area contributed by atoms with E-state index in [0.717, 1.165) is 30.6 Å². The average molecular weight is 378 g/mol. The van der Waals surface area contributed by atoms with Gasteiger partial charge < -0.3 is 10.2 Å². The lowest BCUT2D eigenvalue weighted by atomic mass is 9.61. The maximum Gasteiger partial charge on any atom is 0.471 e. The number of rotatable bonds is 5. The zero-order chi connectivity index (χ0) is 19.2. The average Bonchev–Trinajstić information content (AvgIpc) is 3.33. The summed E-state index contributed by atoms with van der Waals surface area (Å²) in [5, 5.41) is 3.20. The number of halogens is 3. The van der Waals surface area contributed by atoms with Gasteiger partial charge in [-0.25, -0.2) is 0 Å². The van der Waals surface area contributed by atoms with E-state index in [-0.39, 0.29) is 23.4 Å². The SMILES string of the molecule is CCC(=Cc1ccccc1)[C@@H]1C[C@H]1N(C(=O)C(F)(F)F)C1CC2(CNC2)C1. The minimum atomic E-state index is -4.80. The molecule has 2 atom stereocenters. The van der Waals surface area contributed by atoms with Gasteiger partial charge in [-0.3, -0.25) is 4.79 Å². The molecule has 4 rings (SSSR count). The molecule has 6 heteroatoms. The highest BCUT2D eigenvalue weighted by Crippen LogP contribution is 2.52. The topological polar surface area (TPSA) is 32.3 Å². The quantitative estimate of drug-likeness (QED) is 0.840. The largest absolute Gasteiger partial charge is 0.471 e. The van der Waals surface area contributed by atoms with Gasteiger partial charge in [-0.05, 0) is 36.7 Å². The van der Waals surface area contributed by atoms with Gasteiger partial charge in [-0.1, -0.05) is 48.9 Å². The van der Waals surface area contributed by atoms with Crippen molar-refractivity contribution < 1.29 is 18.0 Å². The van der Waals surface area contributed by atoms with E-state index in [2.05, 4.69) is 11.4 Å². The van der Waals surface area contributed by atoms with Crippen molar-refractivity contribution in [2.24, 2.45) is 11.3 Å². The van der Waals surface area contributed by atoms with Crippen LogP contribution in [0.5, 0.6) is 0 Å². The van der Waals surface area contributed by atoms with E-state index < -0.39 is 12.1 Å². The zero-order valence-corrected chi connectivity index (χ0v) is 15.4. The fraction of sp³-hybridized carbons (Fsp3) is 0.571. The molecule has 1 aliphatic heterocycles. The van der Waals surface area contributed by atoms with Gasteiger partial charge in [0.15, 0.2) is 0 Å². The maximum absolute atomic E-state index is 13.2. The third kappa shape index (κ3) is 3.51. The van der Waals surface area contributed by atoms with Gasteiger partial charge in [0.05, 0.1) is 0 Å². The number of hydrogen-bond donors (Lipinski definition) is 1. The highest BCUT2D eigenvalue weighted by molar-refractivity contribution is 5.83. The van der Waals surface area contributed by atoms with Gasteiger partial charge in [0.2, 0.25) is 0 Å². The minimum absolute atomic E-state index is 0.0394. The molecule has 27 heavy (non-hydrogen) atoms. The Morgan fingerprint density at radius 2 is 1.93 bits per heavy atom. The van der Waals surface area contributed by atoms with E-state index in [1.165, 1.54) is 4.90 Å². The predicted octanol–water partition coefficient (Wildman–Crippen LogP) is 4.01. The first-order chi connectivity index (χ1) is 12.8. The third-order valence-corrected chi connectivity index (χ3v) is 6.36. The monoisotopic (exact) mass is 378 g/mol. The molecule has 3 aliphatic rings. The van der Waals surface area contributed by atoms with Crippen LogP contribution >= 0.6 is 0 Å². The Labute approximate surface area is 157 Å². The van der Waals surface area contributed by atoms with Crippen molar-refractivity contribution in [3.8, 4) is 0 Å². The normalized spacial score (nSPS) is 27.0. The molecule has 2 aliphatic carbocycles. The van der Waals surface area contributed by atoms with Crippen LogP contribution in [-0.4, -0.2) is 42.2 Å². The molecular formula is C21H25F3N2O. The van der Waals surface area contributed by atoms with Crippen LogP contribution in [0.3, 0.4) is 0 Å². The number of carbonyl (C=O) groups excluding carboxylic acids is 1. The second-order valence-corrected chi connectivity index (χ2v) is 8.27. The van der Waals surface area contributed by atoms with Crippen molar-refractivity contribution in [2.75, 3.05) is 13.1 Å². The van der Waals surface area contributed by atoms with Gasteiger partial charge in [0.25, 0.3) is 0 Å². The summed E-state index contributed by atoms with van der Waals surface area (Å²) in [6.07, 6.45) is 0.0603. The second-order valence-electron chi connectivity index (χ2n) is 8.27. The number of nitrogens with one attached hydrogen (secondary N) is 1. The molecule has 0 radical (unpaired) electrons. The Morgan fingerprint density at radius 3 is 2.44 bits per heavy atom. The lowest BCUT2D eigenvalue weighted by molar-refractivity contribution is -0.194. The maximum atomic E-state index is 13.2. The predicted molar refractivity (Wildman–Crippen MR) is 97.8 cm³/mol. The van der Waals surface area contributed by atoms with Crippen molar-refractivity contribution in [1.29, 1.82) is 0 Å². The fourth-order valence-electron chi connectivity index (χ4n) is 4.76. The standard InChI is InChI=1S/C21H25F3N2O/c1-2-15(8-14-6-4-3-5-7-14)17-9-18(17)26(19(27)21(22,23)24)16-10-20(11-16)12-25-13-20/h3-8,16-18,25H,2,9-13H2,1H3/t17-,18+/m0/s1. The van der Waals surface area contributed by atoms with Gasteiger partial charge in [0.1, 0.15) is 0 Å². The molecule has 1 aromatic rings. The van der Waals surface area contributed by atoms with E-state index >= 15 is 0 Å². The molecule has 1 amide bonds. The number of carbonyl (C=O) groups is 1. The number of amides is 1. The summed E-state index contributed by atoms with van der Waals surface area (Å²) in [5.74, 6) is -1.62. The third-order valence-electron chi connectivity index (χ3n) is 6.36. The molecule has 0 bridgehead atoms. The van der Waals surface area contributed by atoms with Crippen molar-refractivity contribution in [1.82, 2.24) is 10.2 Å². The highest BCUT2D eigenvalue weighted by atomic mass is 19.4. The van der Waals surface area contributed by atoms with E-state index in [9.17, 15) is 18.0 Å². The van der Waals surface area contributed by atoms with Crippen LogP contribution in [0.25, 0.3) is 6.08 Å². The zero-order valence-electron chi connectivity index (χ0n) is 15.4. The van der Waals surface area contributed by atoms with Crippen LogP contribution < -0.4 is 5.32 Å². The first-order valence-electron chi connectivity index (χ1n) is 9.69. The summed E-state index contributed by atoms with van der Waals surface area (Å²) in [5.41, 5.74) is 2.31. The summed E-state index contributed by atoms with van der Waals surface area (Å²) in [4.78, 5) is 13.4. The van der Waals surface area contributed by atoms with Gasteiger partial charge >= 0.3 is 12.1 Å². The summed E-state index contributed by atoms with van der Waals surface area (Å²) in [7, 11) is 0. The Morgan fingerprint density at radius 1 is 1.26 bits per heavy atom. The second kappa shape index (κ2) is 6.66. The molecule has 1 spiro atoms. The molecule has 3 nitrogen and oxygen atoms in total. The van der Waals surface area contributed by atoms with E-state index in [1.807, 2.05) is 37.3 Å². The van der Waals surface area contributed by atoms with Crippen LogP contribution in [0.1, 0.15) is 38.2 Å². The van der Waals surface area contributed by atoms with Crippen LogP contribution in [-0.2, 0) is 4.79 Å². The van der Waals surface area contributed by atoms with Gasteiger partial charge in [0, 0.05) is 31.1 Å². The van der Waals surface area contributed by atoms with Crippen LogP contribution in [0.15, 0.2) is 35.9 Å². The van der Waals surface area contributed by atoms with Crippen molar-refractivity contribution >= 4 is 12.0 Å². The molecule has 2 saturated carbocycles. The highest BCUT2D eigenvalue weighted by Gasteiger charge is 2.59. The summed E-state index contributed by atoms with van der Waals surface area (Å²) < 4.78 is 39.7. The fourth-order valence-corrected chi connectivity index (χ4v) is 4.76. The number of hydrogen-bond acceptors (Lipinski definition) is 2. The molecule has 3 fully saturated rings.